The number of nitrogens with zero attached hydrogens (tertiary/aromatic N) is 4. The van der Waals surface area contributed by atoms with Gasteiger partial charge in [0.2, 0.25) is 11.7 Å². The zero-order valence-corrected chi connectivity index (χ0v) is 20.3. The Kier molecular flexibility index (Phi) is 9.57. The summed E-state index contributed by atoms with van der Waals surface area (Å²) >= 11 is 6.03. The van der Waals surface area contributed by atoms with Crippen LogP contribution in [0, 0.1) is 0 Å². The van der Waals surface area contributed by atoms with Crippen LogP contribution in [0.1, 0.15) is 43.7 Å². The lowest BCUT2D eigenvalue weighted by Crippen LogP contribution is -2.36. The largest absolute Gasteiger partial charge is 0.361 e. The minimum absolute atomic E-state index is 0. The maximum Gasteiger partial charge on any atom is 0.246 e. The highest BCUT2D eigenvalue weighted by Crippen LogP contribution is 2.20. The van der Waals surface area contributed by atoms with Crippen molar-refractivity contribution < 1.29 is 9.05 Å². The highest BCUT2D eigenvalue weighted by molar-refractivity contribution is 14.0. The molecule has 8 nitrogen and oxygen atoms in total. The Hall–Kier alpha value is -2.14. The van der Waals surface area contributed by atoms with E-state index in [-0.39, 0.29) is 24.0 Å². The van der Waals surface area contributed by atoms with Crippen molar-refractivity contribution in [3.63, 3.8) is 0 Å². The average molecular weight is 545 g/mol. The molecule has 2 aromatic heterocycles. The van der Waals surface area contributed by atoms with Gasteiger partial charge in [0.05, 0.1) is 18.8 Å². The van der Waals surface area contributed by atoms with Crippen molar-refractivity contribution >= 4 is 41.5 Å². The van der Waals surface area contributed by atoms with E-state index in [0.29, 0.717) is 35.8 Å². The van der Waals surface area contributed by atoms with E-state index < -0.39 is 0 Å². The van der Waals surface area contributed by atoms with Crippen LogP contribution < -0.4 is 10.6 Å². The average Bonchev–Trinajstić information content (AvgIpc) is 3.36. The molecule has 3 rings (SSSR count). The quantitative estimate of drug-likeness (QED) is 0.247. The first kappa shape index (κ1) is 24.1. The summed E-state index contributed by atoms with van der Waals surface area (Å²) in [6.45, 7) is 7.68. The molecule has 0 fully saturated rings. The Morgan fingerprint density at radius 1 is 1.10 bits per heavy atom. The van der Waals surface area contributed by atoms with Crippen LogP contribution in [0.15, 0.2) is 38.3 Å². The van der Waals surface area contributed by atoms with Gasteiger partial charge in [0, 0.05) is 29.1 Å². The van der Waals surface area contributed by atoms with Crippen LogP contribution in [-0.4, -0.2) is 27.8 Å². The zero-order valence-electron chi connectivity index (χ0n) is 17.2. The number of halogens is 2. The fourth-order valence-corrected chi connectivity index (χ4v) is 3.04. The van der Waals surface area contributed by atoms with Crippen LogP contribution in [0.3, 0.4) is 0 Å². The standard InChI is InChI=1S/C20H25ClN6O2.HI/c1-4-16-15(17(5-2)28-26-16)11-23-20(22-6-3)24-12-18-25-19(27-29-18)13-8-7-9-14(21)10-13;/h7-10H,4-6,11-12H2,1-3H3,(H2,22,23,24);1H. The SMILES string of the molecule is CCNC(=NCc1c(CC)noc1CC)NCc1nc(-c2cccc(Cl)c2)no1.I. The lowest BCUT2D eigenvalue weighted by atomic mass is 10.1. The molecule has 0 aliphatic carbocycles. The van der Waals surface area contributed by atoms with Crippen molar-refractivity contribution in [1.29, 1.82) is 0 Å². The van der Waals surface area contributed by atoms with E-state index in [0.717, 1.165) is 42.0 Å². The van der Waals surface area contributed by atoms with Gasteiger partial charge >= 0.3 is 0 Å². The van der Waals surface area contributed by atoms with Crippen LogP contribution >= 0.6 is 35.6 Å². The molecule has 0 unspecified atom stereocenters. The maximum absolute atomic E-state index is 6.03. The van der Waals surface area contributed by atoms with Gasteiger partial charge in [-0.1, -0.05) is 47.9 Å². The van der Waals surface area contributed by atoms with Gasteiger partial charge in [0.15, 0.2) is 5.96 Å². The van der Waals surface area contributed by atoms with Crippen LogP contribution in [0.25, 0.3) is 11.4 Å². The third-order valence-corrected chi connectivity index (χ3v) is 4.54. The van der Waals surface area contributed by atoms with E-state index in [1.165, 1.54) is 0 Å². The Bertz CT molecular complexity index is 950. The Morgan fingerprint density at radius 2 is 1.93 bits per heavy atom. The molecule has 30 heavy (non-hydrogen) atoms. The van der Waals surface area contributed by atoms with Crippen molar-refractivity contribution in [1.82, 2.24) is 25.9 Å². The molecule has 0 aliphatic heterocycles. The lowest BCUT2D eigenvalue weighted by Gasteiger charge is -2.09. The minimum atomic E-state index is 0. The number of nitrogens with one attached hydrogen (secondary N) is 2. The molecule has 0 radical (unpaired) electrons. The number of aryl methyl sites for hydroxylation is 2. The van der Waals surface area contributed by atoms with E-state index in [1.807, 2.05) is 26.0 Å². The van der Waals surface area contributed by atoms with E-state index in [1.54, 1.807) is 12.1 Å². The van der Waals surface area contributed by atoms with Crippen molar-refractivity contribution in [2.45, 2.75) is 46.7 Å². The summed E-state index contributed by atoms with van der Waals surface area (Å²) in [4.78, 5) is 9.06. The number of aromatic nitrogens is 3. The first-order chi connectivity index (χ1) is 14.1. The van der Waals surface area contributed by atoms with Crippen molar-refractivity contribution in [2.24, 2.45) is 4.99 Å². The van der Waals surface area contributed by atoms with Gasteiger partial charge in [-0.05, 0) is 25.5 Å². The molecule has 1 aromatic carbocycles. The molecular formula is C20H26ClIN6O2. The second kappa shape index (κ2) is 11.9. The van der Waals surface area contributed by atoms with Gasteiger partial charge in [-0.2, -0.15) is 4.98 Å². The number of hydrogen-bond acceptors (Lipinski definition) is 6. The predicted octanol–water partition coefficient (Wildman–Crippen LogP) is 4.38. The van der Waals surface area contributed by atoms with Crippen LogP contribution in [-0.2, 0) is 25.9 Å². The molecule has 0 saturated heterocycles. The van der Waals surface area contributed by atoms with Gasteiger partial charge in [0.25, 0.3) is 0 Å². The summed E-state index contributed by atoms with van der Waals surface area (Å²) in [5.41, 5.74) is 2.80. The maximum atomic E-state index is 6.03. The highest BCUT2D eigenvalue weighted by atomic mass is 127. The second-order valence-electron chi connectivity index (χ2n) is 6.31. The van der Waals surface area contributed by atoms with Crippen LogP contribution in [0.4, 0.5) is 0 Å². The summed E-state index contributed by atoms with van der Waals surface area (Å²) in [5.74, 6) is 2.49. The fourth-order valence-electron chi connectivity index (χ4n) is 2.85. The number of aliphatic imine (C=N–C) groups is 1. The number of rotatable bonds is 8. The van der Waals surface area contributed by atoms with E-state index in [4.69, 9.17) is 20.6 Å². The van der Waals surface area contributed by atoms with Crippen LogP contribution in [0.5, 0.6) is 0 Å². The van der Waals surface area contributed by atoms with E-state index in [2.05, 4.69) is 37.8 Å². The Balaban J connectivity index is 0.00000320. The first-order valence-electron chi connectivity index (χ1n) is 9.71. The lowest BCUT2D eigenvalue weighted by molar-refractivity contribution is 0.375. The summed E-state index contributed by atoms with van der Waals surface area (Å²) < 4.78 is 10.7. The van der Waals surface area contributed by atoms with Crippen molar-refractivity contribution in [3.8, 4) is 11.4 Å². The summed E-state index contributed by atoms with van der Waals surface area (Å²) in [6, 6.07) is 7.33. The third kappa shape index (κ3) is 6.18. The van der Waals surface area contributed by atoms with Gasteiger partial charge in [-0.3, -0.25) is 0 Å². The van der Waals surface area contributed by atoms with Gasteiger partial charge in [-0.25, -0.2) is 4.99 Å². The smallest absolute Gasteiger partial charge is 0.246 e. The van der Waals surface area contributed by atoms with E-state index in [9.17, 15) is 0 Å². The Morgan fingerprint density at radius 3 is 2.63 bits per heavy atom. The van der Waals surface area contributed by atoms with E-state index >= 15 is 0 Å². The van der Waals surface area contributed by atoms with Crippen molar-refractivity contribution in [3.05, 3.63) is 52.2 Å². The minimum Gasteiger partial charge on any atom is -0.361 e. The van der Waals surface area contributed by atoms with Gasteiger partial charge in [0.1, 0.15) is 5.76 Å². The molecule has 0 spiro atoms. The normalized spacial score (nSPS) is 11.3. The predicted molar refractivity (Wildman–Crippen MR) is 127 cm³/mol. The fraction of sp³-hybridized carbons (Fsp3) is 0.400. The summed E-state index contributed by atoms with van der Waals surface area (Å²) in [7, 11) is 0. The zero-order chi connectivity index (χ0) is 20.6. The first-order valence-corrected chi connectivity index (χ1v) is 10.1. The molecule has 3 aromatic rings. The molecule has 162 valence electrons. The molecule has 2 N–H and O–H groups in total. The summed E-state index contributed by atoms with van der Waals surface area (Å²) in [5, 5.41) is 15.2. The van der Waals surface area contributed by atoms with Crippen molar-refractivity contribution in [2.75, 3.05) is 6.54 Å². The molecule has 0 atom stereocenters. The number of benzene rings is 1. The molecule has 10 heteroatoms. The molecule has 0 saturated carbocycles. The monoisotopic (exact) mass is 544 g/mol. The second-order valence-corrected chi connectivity index (χ2v) is 6.75. The van der Waals surface area contributed by atoms with Gasteiger partial charge < -0.3 is 19.7 Å². The van der Waals surface area contributed by atoms with Gasteiger partial charge in [-0.15, -0.1) is 24.0 Å². The third-order valence-electron chi connectivity index (χ3n) is 4.30. The topological polar surface area (TPSA) is 101 Å². The highest BCUT2D eigenvalue weighted by Gasteiger charge is 2.14. The Labute approximate surface area is 197 Å². The molecular weight excluding hydrogens is 519 g/mol. The summed E-state index contributed by atoms with van der Waals surface area (Å²) in [6.07, 6.45) is 1.60. The molecule has 0 amide bonds. The number of guanidine groups is 1. The van der Waals surface area contributed by atoms with Crippen LogP contribution in [0.2, 0.25) is 5.02 Å². The molecule has 0 aliphatic rings. The number of hydrogen-bond donors (Lipinski definition) is 2. The molecule has 2 heterocycles. The molecule has 0 bridgehead atoms.